The third-order valence-electron chi connectivity index (χ3n) is 4.00. The van der Waals surface area contributed by atoms with Crippen molar-refractivity contribution in [2.24, 2.45) is 0 Å². The van der Waals surface area contributed by atoms with Gasteiger partial charge in [-0.25, -0.2) is 0 Å². The van der Waals surface area contributed by atoms with Crippen molar-refractivity contribution >= 4 is 29.3 Å². The Morgan fingerprint density at radius 3 is 3.00 bits per heavy atom. The minimum Gasteiger partial charge on any atom is -0.332 e. The Morgan fingerprint density at radius 1 is 1.40 bits per heavy atom. The molecule has 2 unspecified atom stereocenters. The lowest BCUT2D eigenvalue weighted by Crippen LogP contribution is -2.51. The molecule has 3 rings (SSSR count). The Bertz CT molecular complexity index is 491. The monoisotopic (exact) mass is 310 g/mol. The van der Waals surface area contributed by atoms with Gasteiger partial charge < -0.3 is 10.2 Å². The van der Waals surface area contributed by atoms with Crippen LogP contribution < -0.4 is 5.32 Å². The molecule has 0 aromatic heterocycles. The Hall–Kier alpha value is -0.710. The van der Waals surface area contributed by atoms with E-state index >= 15 is 0 Å². The van der Waals surface area contributed by atoms with Gasteiger partial charge in [-0.1, -0.05) is 29.8 Å². The average Bonchev–Trinajstić information content (AvgIpc) is 3.01. The topological polar surface area (TPSA) is 32.3 Å². The van der Waals surface area contributed by atoms with Gasteiger partial charge in [-0.2, -0.15) is 0 Å². The normalized spacial score (nSPS) is 26.8. The van der Waals surface area contributed by atoms with Crippen LogP contribution in [0.15, 0.2) is 24.3 Å². The Balaban J connectivity index is 1.83. The second-order valence-corrected chi connectivity index (χ2v) is 6.99. The van der Waals surface area contributed by atoms with Crippen molar-refractivity contribution in [1.29, 1.82) is 0 Å². The number of carbonyl (C=O) groups excluding carboxylic acids is 1. The lowest BCUT2D eigenvalue weighted by Gasteiger charge is -2.38. The van der Waals surface area contributed by atoms with E-state index in [9.17, 15) is 4.79 Å². The molecule has 5 heteroatoms. The van der Waals surface area contributed by atoms with Crippen molar-refractivity contribution in [2.75, 3.05) is 25.4 Å². The van der Waals surface area contributed by atoms with E-state index in [-0.39, 0.29) is 11.3 Å². The van der Waals surface area contributed by atoms with Crippen molar-refractivity contribution < 1.29 is 4.79 Å². The smallest absolute Gasteiger partial charge is 0.236 e. The zero-order valence-electron chi connectivity index (χ0n) is 11.3. The molecule has 108 valence electrons. The van der Waals surface area contributed by atoms with Crippen LogP contribution in [0, 0.1) is 0 Å². The summed E-state index contributed by atoms with van der Waals surface area (Å²) in [4.78, 5) is 14.8. The summed E-state index contributed by atoms with van der Waals surface area (Å²) in [5.74, 6) is 1.40. The molecule has 1 aromatic rings. The molecule has 1 amide bonds. The Labute approximate surface area is 129 Å². The van der Waals surface area contributed by atoms with Crippen LogP contribution in [-0.4, -0.2) is 41.4 Å². The molecule has 1 aromatic carbocycles. The van der Waals surface area contributed by atoms with Gasteiger partial charge in [-0.05, 0) is 30.2 Å². The predicted molar refractivity (Wildman–Crippen MR) is 84.3 cm³/mol. The van der Waals surface area contributed by atoms with Gasteiger partial charge in [0.15, 0.2) is 0 Å². The summed E-state index contributed by atoms with van der Waals surface area (Å²) in [6.07, 6.45) is 2.17. The molecular weight excluding hydrogens is 292 g/mol. The van der Waals surface area contributed by atoms with Crippen LogP contribution >= 0.6 is 23.4 Å². The van der Waals surface area contributed by atoms with Crippen molar-refractivity contribution in [3.05, 3.63) is 34.9 Å². The summed E-state index contributed by atoms with van der Waals surface area (Å²) in [5.41, 5.74) is 1.05. The minimum absolute atomic E-state index is 0.0612. The van der Waals surface area contributed by atoms with Crippen molar-refractivity contribution in [1.82, 2.24) is 10.2 Å². The number of hydrogen-bond donors (Lipinski definition) is 1. The maximum absolute atomic E-state index is 12.7. The number of benzene rings is 1. The van der Waals surface area contributed by atoms with Gasteiger partial charge in [0.1, 0.15) is 0 Å². The minimum atomic E-state index is 0.0612. The van der Waals surface area contributed by atoms with Crippen molar-refractivity contribution in [3.8, 4) is 0 Å². The predicted octanol–water partition coefficient (Wildman–Crippen LogP) is 2.71. The van der Waals surface area contributed by atoms with Crippen LogP contribution in [0.3, 0.4) is 0 Å². The fraction of sp³-hybridized carbons (Fsp3) is 0.533. The summed E-state index contributed by atoms with van der Waals surface area (Å²) in [5, 5.41) is 4.28. The highest BCUT2D eigenvalue weighted by molar-refractivity contribution is 8.00. The summed E-state index contributed by atoms with van der Waals surface area (Å²) >= 11 is 8.12. The molecule has 0 saturated carbocycles. The highest BCUT2D eigenvalue weighted by atomic mass is 35.5. The largest absolute Gasteiger partial charge is 0.332 e. The number of nitrogens with zero attached hydrogens (tertiary/aromatic N) is 1. The number of piperazine rings is 1. The zero-order valence-corrected chi connectivity index (χ0v) is 12.9. The van der Waals surface area contributed by atoms with Crippen LogP contribution in [0.4, 0.5) is 0 Å². The molecule has 2 saturated heterocycles. The summed E-state index contributed by atoms with van der Waals surface area (Å²) < 4.78 is 0. The first-order valence-corrected chi connectivity index (χ1v) is 8.57. The molecule has 20 heavy (non-hydrogen) atoms. The van der Waals surface area contributed by atoms with Gasteiger partial charge in [-0.15, -0.1) is 11.8 Å². The summed E-state index contributed by atoms with van der Waals surface area (Å²) in [6, 6.07) is 7.91. The molecule has 0 bridgehead atoms. The fourth-order valence-electron chi connectivity index (χ4n) is 2.95. The second kappa shape index (κ2) is 6.37. The van der Waals surface area contributed by atoms with E-state index in [0.717, 1.165) is 48.8 Å². The van der Waals surface area contributed by atoms with Gasteiger partial charge in [0, 0.05) is 24.7 Å². The molecule has 1 N–H and O–H groups in total. The Kier molecular flexibility index (Phi) is 4.54. The van der Waals surface area contributed by atoms with E-state index in [0.29, 0.717) is 5.91 Å². The lowest BCUT2D eigenvalue weighted by atomic mass is 10.0. The molecule has 0 aliphatic carbocycles. The quantitative estimate of drug-likeness (QED) is 0.911. The zero-order chi connectivity index (χ0) is 13.9. The van der Waals surface area contributed by atoms with E-state index in [2.05, 4.69) is 5.32 Å². The number of amides is 1. The molecular formula is C15H19ClN2OS. The number of halogens is 1. The highest BCUT2D eigenvalue weighted by Crippen LogP contribution is 2.33. The molecule has 0 spiro atoms. The number of hydrogen-bond acceptors (Lipinski definition) is 3. The van der Waals surface area contributed by atoms with E-state index in [1.165, 1.54) is 0 Å². The second-order valence-electron chi connectivity index (χ2n) is 5.27. The fourth-order valence-corrected chi connectivity index (χ4v) is 4.44. The molecule has 2 aliphatic rings. The lowest BCUT2D eigenvalue weighted by molar-refractivity contribution is -0.134. The first kappa shape index (κ1) is 14.2. The Morgan fingerprint density at radius 2 is 2.25 bits per heavy atom. The van der Waals surface area contributed by atoms with E-state index in [4.69, 9.17) is 11.6 Å². The van der Waals surface area contributed by atoms with Gasteiger partial charge in [-0.3, -0.25) is 4.79 Å². The van der Waals surface area contributed by atoms with Crippen LogP contribution in [0.25, 0.3) is 0 Å². The maximum atomic E-state index is 12.7. The van der Waals surface area contributed by atoms with Crippen LogP contribution in [0.2, 0.25) is 5.02 Å². The highest BCUT2D eigenvalue weighted by Gasteiger charge is 2.34. The number of thioether (sulfide) groups is 1. The first-order chi connectivity index (χ1) is 9.77. The molecule has 0 radical (unpaired) electrons. The first-order valence-electron chi connectivity index (χ1n) is 7.14. The molecule has 2 atom stereocenters. The summed E-state index contributed by atoms with van der Waals surface area (Å²) in [6.45, 7) is 2.42. The molecule has 2 fully saturated rings. The third-order valence-corrected chi connectivity index (χ3v) is 5.70. The third kappa shape index (κ3) is 2.83. The van der Waals surface area contributed by atoms with Crippen molar-refractivity contribution in [3.63, 3.8) is 0 Å². The number of nitrogens with one attached hydrogen (secondary N) is 1. The van der Waals surface area contributed by atoms with Gasteiger partial charge >= 0.3 is 0 Å². The standard InChI is InChI=1S/C15H19ClN2OS/c16-12-5-2-1-4-11(12)13-10-17-7-8-18(13)15(19)14-6-3-9-20-14/h1-2,4-5,13-14,17H,3,6-10H2. The van der Waals surface area contributed by atoms with Crippen LogP contribution in [0.1, 0.15) is 24.4 Å². The van der Waals surface area contributed by atoms with Crippen LogP contribution in [-0.2, 0) is 4.79 Å². The SMILES string of the molecule is O=C(C1CCCS1)N1CCNCC1c1ccccc1Cl. The summed E-state index contributed by atoms with van der Waals surface area (Å²) in [7, 11) is 0. The van der Waals surface area contributed by atoms with Crippen molar-refractivity contribution in [2.45, 2.75) is 24.1 Å². The van der Waals surface area contributed by atoms with E-state index in [1.54, 1.807) is 11.8 Å². The van der Waals surface area contributed by atoms with E-state index in [1.807, 2.05) is 29.2 Å². The van der Waals surface area contributed by atoms with Gasteiger partial charge in [0.05, 0.1) is 11.3 Å². The van der Waals surface area contributed by atoms with Gasteiger partial charge in [0.2, 0.25) is 5.91 Å². The average molecular weight is 311 g/mol. The molecule has 3 nitrogen and oxygen atoms in total. The molecule has 2 heterocycles. The number of carbonyl (C=O) groups is 1. The number of rotatable bonds is 2. The van der Waals surface area contributed by atoms with Crippen LogP contribution in [0.5, 0.6) is 0 Å². The van der Waals surface area contributed by atoms with Gasteiger partial charge in [0.25, 0.3) is 0 Å². The van der Waals surface area contributed by atoms with E-state index < -0.39 is 0 Å². The maximum Gasteiger partial charge on any atom is 0.236 e. The molecule has 2 aliphatic heterocycles.